The second-order valence-corrected chi connectivity index (χ2v) is 6.98. The summed E-state index contributed by atoms with van der Waals surface area (Å²) in [6, 6.07) is 5.22. The summed E-state index contributed by atoms with van der Waals surface area (Å²) in [5.74, 6) is 0.368. The molecule has 0 radical (unpaired) electrons. The molecule has 1 atom stereocenters. The Balaban J connectivity index is 2.02. The molecule has 122 valence electrons. The Morgan fingerprint density at radius 2 is 1.96 bits per heavy atom. The molecular weight excluding hydrogens is 310 g/mol. The second-order valence-electron chi connectivity index (χ2n) is 5.47. The zero-order valence-electron chi connectivity index (χ0n) is 13.3. The van der Waals surface area contributed by atoms with Gasteiger partial charge < -0.3 is 9.66 Å². The Morgan fingerprint density at radius 1 is 1.22 bits per heavy atom. The maximum atomic E-state index is 12.3. The zero-order valence-corrected chi connectivity index (χ0v) is 14.1. The first-order chi connectivity index (χ1) is 11.2. The predicted molar refractivity (Wildman–Crippen MR) is 90.6 cm³/mol. The van der Waals surface area contributed by atoms with Gasteiger partial charge in [0.05, 0.1) is 5.52 Å². The Kier molecular flexibility index (Phi) is 6.63. The molecule has 1 N–H and O–H groups in total. The molecule has 1 unspecified atom stereocenters. The molecule has 6 heteroatoms. The van der Waals surface area contributed by atoms with Crippen LogP contribution >= 0.6 is 0 Å². The number of nitriles is 1. The SMILES string of the molecule is CCCCCCCC[S+]([O-])c1ccc2ncc(C#N)c(O)c2n1. The van der Waals surface area contributed by atoms with Gasteiger partial charge in [0.2, 0.25) is 5.03 Å². The van der Waals surface area contributed by atoms with Gasteiger partial charge in [-0.15, -0.1) is 0 Å². The van der Waals surface area contributed by atoms with Crippen LogP contribution in [-0.4, -0.2) is 25.4 Å². The van der Waals surface area contributed by atoms with E-state index in [1.165, 1.54) is 31.9 Å². The van der Waals surface area contributed by atoms with Crippen LogP contribution in [-0.2, 0) is 11.2 Å². The van der Waals surface area contributed by atoms with E-state index < -0.39 is 11.2 Å². The van der Waals surface area contributed by atoms with Crippen molar-refractivity contribution in [3.63, 3.8) is 0 Å². The van der Waals surface area contributed by atoms with Crippen molar-refractivity contribution in [2.75, 3.05) is 5.75 Å². The standard InChI is InChI=1S/C17H21N3O2S/c1-2-3-4-5-6-7-10-23(22)15-9-8-14-16(20-15)17(21)13(11-18)12-19-14/h8-9,12H,2-7,10H2,1H3,(H,19,21). The first-order valence-corrected chi connectivity index (χ1v) is 9.26. The molecule has 2 rings (SSSR count). The van der Waals surface area contributed by atoms with Crippen LogP contribution in [0.5, 0.6) is 5.75 Å². The normalized spacial score (nSPS) is 12.2. The molecule has 0 aliphatic heterocycles. The van der Waals surface area contributed by atoms with E-state index in [2.05, 4.69) is 16.9 Å². The molecule has 0 saturated carbocycles. The highest BCUT2D eigenvalue weighted by Crippen LogP contribution is 2.26. The number of rotatable bonds is 8. The summed E-state index contributed by atoms with van der Waals surface area (Å²) in [7, 11) is 0. The summed E-state index contributed by atoms with van der Waals surface area (Å²) >= 11 is -1.20. The minimum atomic E-state index is -1.20. The maximum absolute atomic E-state index is 12.3. The van der Waals surface area contributed by atoms with E-state index >= 15 is 0 Å². The lowest BCUT2D eigenvalue weighted by atomic mass is 10.1. The van der Waals surface area contributed by atoms with Gasteiger partial charge in [-0.3, -0.25) is 4.98 Å². The van der Waals surface area contributed by atoms with Crippen molar-refractivity contribution in [3.8, 4) is 11.8 Å². The Bertz CT molecular complexity index is 700. The first-order valence-electron chi connectivity index (χ1n) is 7.94. The van der Waals surface area contributed by atoms with Gasteiger partial charge in [-0.05, 0) is 18.9 Å². The number of hydrogen-bond donors (Lipinski definition) is 1. The fourth-order valence-corrected chi connectivity index (χ4v) is 3.45. The fraction of sp³-hybridized carbons (Fsp3) is 0.471. The van der Waals surface area contributed by atoms with Gasteiger partial charge in [-0.1, -0.05) is 32.6 Å². The molecule has 2 aromatic rings. The summed E-state index contributed by atoms with van der Waals surface area (Å²) in [5, 5.41) is 19.4. The van der Waals surface area contributed by atoms with Crippen LogP contribution in [0.4, 0.5) is 0 Å². The minimum Gasteiger partial charge on any atom is -0.610 e. The van der Waals surface area contributed by atoms with E-state index in [0.29, 0.717) is 16.3 Å². The predicted octanol–water partition coefficient (Wildman–Crippen LogP) is 3.68. The molecule has 2 heterocycles. The van der Waals surface area contributed by atoms with E-state index in [1.54, 1.807) is 12.1 Å². The van der Waals surface area contributed by atoms with Crippen LogP contribution in [0, 0.1) is 11.3 Å². The number of aromatic hydroxyl groups is 1. The van der Waals surface area contributed by atoms with E-state index in [1.807, 2.05) is 6.07 Å². The molecule has 0 bridgehead atoms. The number of nitrogens with zero attached hydrogens (tertiary/aromatic N) is 3. The third-order valence-corrected chi connectivity index (χ3v) is 5.05. The monoisotopic (exact) mass is 331 g/mol. The molecule has 0 aliphatic carbocycles. The highest BCUT2D eigenvalue weighted by molar-refractivity contribution is 7.91. The van der Waals surface area contributed by atoms with Crippen LogP contribution < -0.4 is 0 Å². The number of hydrogen-bond acceptors (Lipinski definition) is 5. The minimum absolute atomic E-state index is 0.0730. The van der Waals surface area contributed by atoms with Crippen molar-refractivity contribution in [2.24, 2.45) is 0 Å². The quantitative estimate of drug-likeness (QED) is 0.588. The van der Waals surface area contributed by atoms with E-state index in [-0.39, 0.29) is 16.8 Å². The van der Waals surface area contributed by atoms with Gasteiger partial charge in [0.15, 0.2) is 5.75 Å². The Hall–Kier alpha value is -1.84. The third-order valence-electron chi connectivity index (χ3n) is 3.70. The lowest BCUT2D eigenvalue weighted by Gasteiger charge is -2.10. The van der Waals surface area contributed by atoms with E-state index in [4.69, 9.17) is 5.26 Å². The number of pyridine rings is 2. The Morgan fingerprint density at radius 3 is 2.70 bits per heavy atom. The Labute approximate surface area is 139 Å². The van der Waals surface area contributed by atoms with Crippen molar-refractivity contribution in [1.82, 2.24) is 9.97 Å². The molecule has 0 fully saturated rings. The zero-order chi connectivity index (χ0) is 16.7. The summed E-state index contributed by atoms with van der Waals surface area (Å²) in [6.07, 6.45) is 8.16. The molecular formula is C17H21N3O2S. The fourth-order valence-electron chi connectivity index (χ4n) is 2.36. The molecule has 0 amide bonds. The van der Waals surface area contributed by atoms with Crippen molar-refractivity contribution in [1.29, 1.82) is 5.26 Å². The van der Waals surface area contributed by atoms with Gasteiger partial charge in [-0.2, -0.15) is 10.2 Å². The first kappa shape index (κ1) is 17.5. The average molecular weight is 331 g/mol. The van der Waals surface area contributed by atoms with Crippen molar-refractivity contribution in [3.05, 3.63) is 23.9 Å². The summed E-state index contributed by atoms with van der Waals surface area (Å²) in [4.78, 5) is 8.32. The van der Waals surface area contributed by atoms with Gasteiger partial charge in [0.1, 0.15) is 22.9 Å². The van der Waals surface area contributed by atoms with Crippen LogP contribution in [0.25, 0.3) is 11.0 Å². The second kappa shape index (κ2) is 8.70. The molecule has 0 aliphatic rings. The van der Waals surface area contributed by atoms with Gasteiger partial charge in [-0.25, -0.2) is 0 Å². The van der Waals surface area contributed by atoms with Gasteiger partial charge in [0, 0.05) is 23.4 Å². The van der Waals surface area contributed by atoms with Crippen LogP contribution in [0.3, 0.4) is 0 Å². The maximum Gasteiger partial charge on any atom is 0.245 e. The topological polar surface area (TPSA) is 92.9 Å². The van der Waals surface area contributed by atoms with Crippen molar-refractivity contribution >= 4 is 22.2 Å². The molecule has 23 heavy (non-hydrogen) atoms. The highest BCUT2D eigenvalue weighted by atomic mass is 32.2. The van der Waals surface area contributed by atoms with Gasteiger partial charge in [0.25, 0.3) is 0 Å². The summed E-state index contributed by atoms with van der Waals surface area (Å²) in [5.41, 5.74) is 0.795. The lowest BCUT2D eigenvalue weighted by Crippen LogP contribution is -2.09. The lowest BCUT2D eigenvalue weighted by molar-refractivity contribution is 0.477. The molecule has 2 aromatic heterocycles. The number of fused-ring (bicyclic) bond motifs is 1. The molecule has 0 aromatic carbocycles. The van der Waals surface area contributed by atoms with Crippen LogP contribution in [0.1, 0.15) is 51.0 Å². The highest BCUT2D eigenvalue weighted by Gasteiger charge is 2.16. The molecule has 0 spiro atoms. The average Bonchev–Trinajstić information content (AvgIpc) is 2.58. The summed E-state index contributed by atoms with van der Waals surface area (Å²) in [6.45, 7) is 2.18. The van der Waals surface area contributed by atoms with Crippen LogP contribution in [0.15, 0.2) is 23.4 Å². The van der Waals surface area contributed by atoms with Gasteiger partial charge >= 0.3 is 0 Å². The smallest absolute Gasteiger partial charge is 0.245 e. The van der Waals surface area contributed by atoms with E-state index in [0.717, 1.165) is 12.8 Å². The third kappa shape index (κ3) is 4.57. The van der Waals surface area contributed by atoms with E-state index in [9.17, 15) is 9.66 Å². The summed E-state index contributed by atoms with van der Waals surface area (Å²) < 4.78 is 12.3. The van der Waals surface area contributed by atoms with Crippen molar-refractivity contribution < 1.29 is 9.66 Å². The molecule has 5 nitrogen and oxygen atoms in total. The number of aromatic nitrogens is 2. The van der Waals surface area contributed by atoms with Crippen molar-refractivity contribution in [2.45, 2.75) is 50.5 Å². The number of unbranched alkanes of at least 4 members (excludes halogenated alkanes) is 5. The largest absolute Gasteiger partial charge is 0.610 e. The van der Waals surface area contributed by atoms with Crippen LogP contribution in [0.2, 0.25) is 0 Å². The molecule has 0 saturated heterocycles.